The topological polar surface area (TPSA) is 68.8 Å². The van der Waals surface area contributed by atoms with Crippen LogP contribution in [0, 0.1) is 0 Å². The van der Waals surface area contributed by atoms with E-state index < -0.39 is 0 Å². The Morgan fingerprint density at radius 2 is 2.06 bits per heavy atom. The molecule has 1 aromatic carbocycles. The zero-order valence-corrected chi connectivity index (χ0v) is 10.1. The summed E-state index contributed by atoms with van der Waals surface area (Å²) in [5.74, 6) is 0.928. The molecule has 0 radical (unpaired) electrons. The van der Waals surface area contributed by atoms with Gasteiger partial charge in [-0.15, -0.1) is 5.10 Å². The lowest BCUT2D eigenvalue weighted by molar-refractivity contribution is 0.626. The number of aromatic nitrogens is 3. The van der Waals surface area contributed by atoms with Gasteiger partial charge in [-0.25, -0.2) is 4.68 Å². The number of hydrogen-bond acceptors (Lipinski definition) is 4. The van der Waals surface area contributed by atoms with Crippen LogP contribution in [0.25, 0.3) is 0 Å². The van der Waals surface area contributed by atoms with Crippen LogP contribution >= 0.6 is 0 Å². The van der Waals surface area contributed by atoms with Crippen LogP contribution < -0.4 is 11.1 Å². The Balaban J connectivity index is 2.11. The predicted octanol–water partition coefficient (Wildman–Crippen LogP) is 2.05. The molecule has 0 saturated heterocycles. The number of nitrogens with zero attached hydrogens (tertiary/aromatic N) is 3. The molecule has 1 unspecified atom stereocenters. The minimum absolute atomic E-state index is 0.194. The van der Waals surface area contributed by atoms with Crippen LogP contribution in [-0.2, 0) is 6.54 Å². The summed E-state index contributed by atoms with van der Waals surface area (Å²) in [4.78, 5) is 0. The van der Waals surface area contributed by atoms with Gasteiger partial charge >= 0.3 is 0 Å². The summed E-state index contributed by atoms with van der Waals surface area (Å²) in [6, 6.07) is 8.05. The molecule has 0 aliphatic heterocycles. The van der Waals surface area contributed by atoms with E-state index in [4.69, 9.17) is 5.73 Å². The van der Waals surface area contributed by atoms with E-state index in [0.717, 1.165) is 18.1 Å². The molecular formula is C12H17N5. The summed E-state index contributed by atoms with van der Waals surface area (Å²) in [6.45, 7) is 4.93. The molecule has 90 valence electrons. The van der Waals surface area contributed by atoms with Gasteiger partial charge in [-0.3, -0.25) is 0 Å². The minimum Gasteiger partial charge on any atom is -0.399 e. The van der Waals surface area contributed by atoms with Gasteiger partial charge < -0.3 is 11.1 Å². The SMILES string of the molecule is CCn1nncc1NC(C)c1ccc(N)cc1. The Kier molecular flexibility index (Phi) is 3.27. The fourth-order valence-electron chi connectivity index (χ4n) is 1.69. The van der Waals surface area contributed by atoms with Gasteiger partial charge in [-0.2, -0.15) is 0 Å². The Hall–Kier alpha value is -2.04. The Bertz CT molecular complexity index is 474. The van der Waals surface area contributed by atoms with Gasteiger partial charge in [0.05, 0.1) is 6.20 Å². The molecule has 0 saturated carbocycles. The van der Waals surface area contributed by atoms with Crippen molar-refractivity contribution in [3.05, 3.63) is 36.0 Å². The molecule has 1 atom stereocenters. The van der Waals surface area contributed by atoms with Crippen LogP contribution in [0.15, 0.2) is 30.5 Å². The number of rotatable bonds is 4. The summed E-state index contributed by atoms with van der Waals surface area (Å²) < 4.78 is 1.83. The zero-order valence-electron chi connectivity index (χ0n) is 10.1. The second kappa shape index (κ2) is 4.86. The molecule has 3 N–H and O–H groups in total. The predicted molar refractivity (Wildman–Crippen MR) is 68.6 cm³/mol. The van der Waals surface area contributed by atoms with Gasteiger partial charge in [0.2, 0.25) is 0 Å². The molecule has 1 aromatic heterocycles. The highest BCUT2D eigenvalue weighted by Gasteiger charge is 2.08. The van der Waals surface area contributed by atoms with Crippen molar-refractivity contribution in [2.75, 3.05) is 11.1 Å². The second-order valence-electron chi connectivity index (χ2n) is 3.97. The molecule has 0 aliphatic carbocycles. The molecule has 2 aromatic rings. The first-order chi connectivity index (χ1) is 8.20. The number of aryl methyl sites for hydroxylation is 1. The summed E-state index contributed by atoms with van der Waals surface area (Å²) in [5, 5.41) is 11.2. The molecule has 5 heteroatoms. The van der Waals surface area contributed by atoms with Crippen molar-refractivity contribution in [1.82, 2.24) is 15.0 Å². The van der Waals surface area contributed by atoms with Gasteiger partial charge in [-0.1, -0.05) is 17.3 Å². The first-order valence-electron chi connectivity index (χ1n) is 5.71. The molecule has 5 nitrogen and oxygen atoms in total. The molecule has 0 fully saturated rings. The maximum absolute atomic E-state index is 5.66. The second-order valence-corrected chi connectivity index (χ2v) is 3.97. The van der Waals surface area contributed by atoms with Crippen LogP contribution in [0.5, 0.6) is 0 Å². The fraction of sp³-hybridized carbons (Fsp3) is 0.333. The third-order valence-corrected chi connectivity index (χ3v) is 2.72. The maximum atomic E-state index is 5.66. The standard InChI is InChI=1S/C12H17N5/c1-3-17-12(8-14-16-17)15-9(2)10-4-6-11(13)7-5-10/h4-9,15H,3,13H2,1-2H3. The number of nitrogen functional groups attached to an aromatic ring is 1. The van der Waals surface area contributed by atoms with E-state index >= 15 is 0 Å². The largest absolute Gasteiger partial charge is 0.399 e. The van der Waals surface area contributed by atoms with Crippen LogP contribution in [0.3, 0.4) is 0 Å². The van der Waals surface area contributed by atoms with Crippen LogP contribution in [0.2, 0.25) is 0 Å². The molecule has 0 amide bonds. The quantitative estimate of drug-likeness (QED) is 0.790. The highest BCUT2D eigenvalue weighted by atomic mass is 15.4. The number of anilines is 2. The Morgan fingerprint density at radius 1 is 1.35 bits per heavy atom. The summed E-state index contributed by atoms with van der Waals surface area (Å²) >= 11 is 0. The lowest BCUT2D eigenvalue weighted by Crippen LogP contribution is -2.11. The van der Waals surface area contributed by atoms with Gasteiger partial charge in [0.15, 0.2) is 0 Å². The number of nitrogens with one attached hydrogen (secondary N) is 1. The molecule has 2 rings (SSSR count). The zero-order chi connectivity index (χ0) is 12.3. The van der Waals surface area contributed by atoms with Crippen LogP contribution in [0.1, 0.15) is 25.5 Å². The molecular weight excluding hydrogens is 214 g/mol. The maximum Gasteiger partial charge on any atom is 0.145 e. The van der Waals surface area contributed by atoms with Gasteiger partial charge in [-0.05, 0) is 31.5 Å². The average Bonchev–Trinajstić information content (AvgIpc) is 2.77. The van der Waals surface area contributed by atoms with E-state index in [0.29, 0.717) is 0 Å². The minimum atomic E-state index is 0.194. The number of benzene rings is 1. The lowest BCUT2D eigenvalue weighted by atomic mass is 10.1. The summed E-state index contributed by atoms with van der Waals surface area (Å²) in [7, 11) is 0. The molecule has 0 bridgehead atoms. The van der Waals surface area contributed by atoms with E-state index in [-0.39, 0.29) is 6.04 Å². The summed E-state index contributed by atoms with van der Waals surface area (Å²) in [5.41, 5.74) is 7.63. The number of nitrogens with two attached hydrogens (primary N) is 1. The van der Waals surface area contributed by atoms with Crippen molar-refractivity contribution < 1.29 is 0 Å². The smallest absolute Gasteiger partial charge is 0.145 e. The van der Waals surface area contributed by atoms with Crippen LogP contribution in [0.4, 0.5) is 11.5 Å². The molecule has 1 heterocycles. The van der Waals surface area contributed by atoms with Gasteiger partial charge in [0, 0.05) is 18.3 Å². The van der Waals surface area contributed by atoms with E-state index in [2.05, 4.69) is 22.6 Å². The van der Waals surface area contributed by atoms with Crippen molar-refractivity contribution in [3.8, 4) is 0 Å². The van der Waals surface area contributed by atoms with E-state index in [1.54, 1.807) is 6.20 Å². The third kappa shape index (κ3) is 2.55. The lowest BCUT2D eigenvalue weighted by Gasteiger charge is -2.15. The van der Waals surface area contributed by atoms with Crippen molar-refractivity contribution in [2.45, 2.75) is 26.4 Å². The monoisotopic (exact) mass is 231 g/mol. The average molecular weight is 231 g/mol. The highest BCUT2D eigenvalue weighted by molar-refractivity contribution is 5.42. The fourth-order valence-corrected chi connectivity index (χ4v) is 1.69. The first-order valence-corrected chi connectivity index (χ1v) is 5.71. The number of hydrogen-bond donors (Lipinski definition) is 2. The van der Waals surface area contributed by atoms with Crippen molar-refractivity contribution in [2.24, 2.45) is 0 Å². The third-order valence-electron chi connectivity index (χ3n) is 2.72. The first kappa shape index (κ1) is 11.4. The van der Waals surface area contributed by atoms with Crippen molar-refractivity contribution in [3.63, 3.8) is 0 Å². The molecule has 0 spiro atoms. The summed E-state index contributed by atoms with van der Waals surface area (Å²) in [6.07, 6.45) is 1.73. The van der Waals surface area contributed by atoms with Crippen LogP contribution in [-0.4, -0.2) is 15.0 Å². The van der Waals surface area contributed by atoms with E-state index in [1.165, 1.54) is 5.56 Å². The highest BCUT2D eigenvalue weighted by Crippen LogP contribution is 2.19. The van der Waals surface area contributed by atoms with Crippen molar-refractivity contribution in [1.29, 1.82) is 0 Å². The Morgan fingerprint density at radius 3 is 2.71 bits per heavy atom. The molecule has 17 heavy (non-hydrogen) atoms. The molecule has 0 aliphatic rings. The Labute approximate surface area is 101 Å². The van der Waals surface area contributed by atoms with E-state index in [9.17, 15) is 0 Å². The van der Waals surface area contributed by atoms with Gasteiger partial charge in [0.25, 0.3) is 0 Å². The van der Waals surface area contributed by atoms with Gasteiger partial charge in [0.1, 0.15) is 5.82 Å². The van der Waals surface area contributed by atoms with E-state index in [1.807, 2.05) is 35.9 Å². The normalized spacial score (nSPS) is 12.4. The van der Waals surface area contributed by atoms with Crippen molar-refractivity contribution >= 4 is 11.5 Å².